The quantitative estimate of drug-likeness (QED) is 0.761. The van der Waals surface area contributed by atoms with Gasteiger partial charge in [0.05, 0.1) is 5.92 Å². The van der Waals surface area contributed by atoms with Crippen LogP contribution in [0.4, 0.5) is 0 Å². The van der Waals surface area contributed by atoms with Crippen LogP contribution < -0.4 is 0 Å². The smallest absolute Gasteiger partial charge is 0.306 e. The van der Waals surface area contributed by atoms with E-state index in [-0.39, 0.29) is 5.92 Å². The predicted octanol–water partition coefficient (Wildman–Crippen LogP) is 2.22. The molecule has 3 nitrogen and oxygen atoms in total. The van der Waals surface area contributed by atoms with Gasteiger partial charge >= 0.3 is 5.97 Å². The molecule has 1 saturated heterocycles. The molecule has 1 N–H and O–H groups in total. The number of piperidine rings is 1. The molecule has 1 unspecified atom stereocenters. The molecule has 0 spiro atoms. The summed E-state index contributed by atoms with van der Waals surface area (Å²) in [7, 11) is 0. The number of likely N-dealkylation sites (tertiary alicyclic amines) is 1. The molecule has 0 aromatic carbocycles. The van der Waals surface area contributed by atoms with Crippen molar-refractivity contribution in [3.05, 3.63) is 0 Å². The number of aliphatic carboxylic acids is 1. The lowest BCUT2D eigenvalue weighted by molar-refractivity contribution is -0.141. The van der Waals surface area contributed by atoms with Gasteiger partial charge in [-0.3, -0.25) is 4.79 Å². The van der Waals surface area contributed by atoms with Crippen molar-refractivity contribution in [2.45, 2.75) is 39.5 Å². The van der Waals surface area contributed by atoms with Gasteiger partial charge in [0.1, 0.15) is 0 Å². The monoisotopic (exact) mass is 213 g/mol. The molecule has 1 rings (SSSR count). The average Bonchev–Trinajstić information content (AvgIpc) is 2.20. The van der Waals surface area contributed by atoms with E-state index in [0.29, 0.717) is 0 Å². The first-order valence-electron chi connectivity index (χ1n) is 6.04. The number of carboxylic acids is 1. The first-order valence-corrected chi connectivity index (χ1v) is 6.04. The van der Waals surface area contributed by atoms with Gasteiger partial charge in [-0.05, 0) is 51.2 Å². The zero-order chi connectivity index (χ0) is 11.3. The van der Waals surface area contributed by atoms with Gasteiger partial charge in [-0.2, -0.15) is 0 Å². The van der Waals surface area contributed by atoms with Crippen molar-refractivity contribution in [3.8, 4) is 0 Å². The maximum Gasteiger partial charge on any atom is 0.306 e. The average molecular weight is 213 g/mol. The lowest BCUT2D eigenvalue weighted by atomic mass is 9.98. The molecule has 0 aliphatic carbocycles. The van der Waals surface area contributed by atoms with Gasteiger partial charge in [0, 0.05) is 0 Å². The summed E-state index contributed by atoms with van der Waals surface area (Å²) in [6.07, 6.45) is 4.42. The first kappa shape index (κ1) is 12.5. The molecule has 1 fully saturated rings. The van der Waals surface area contributed by atoms with E-state index >= 15 is 0 Å². The van der Waals surface area contributed by atoms with Gasteiger partial charge in [-0.15, -0.1) is 0 Å². The van der Waals surface area contributed by atoms with Gasteiger partial charge in [0.2, 0.25) is 0 Å². The van der Waals surface area contributed by atoms with Crippen molar-refractivity contribution in [2.75, 3.05) is 19.6 Å². The summed E-state index contributed by atoms with van der Waals surface area (Å²) < 4.78 is 0. The standard InChI is InChI=1S/C12H23NO2/c1-10-5-8-13(9-6-10)7-3-4-11(2)12(14)15/h10-11H,3-9H2,1-2H3,(H,14,15). The Morgan fingerprint density at radius 2 is 2.07 bits per heavy atom. The second-order valence-corrected chi connectivity index (χ2v) is 4.91. The van der Waals surface area contributed by atoms with Crippen molar-refractivity contribution in [2.24, 2.45) is 11.8 Å². The predicted molar refractivity (Wildman–Crippen MR) is 60.9 cm³/mol. The Hall–Kier alpha value is -0.570. The first-order chi connectivity index (χ1) is 7.09. The van der Waals surface area contributed by atoms with Crippen molar-refractivity contribution >= 4 is 5.97 Å². The maximum atomic E-state index is 10.6. The summed E-state index contributed by atoms with van der Waals surface area (Å²) in [6, 6.07) is 0. The Bertz CT molecular complexity index is 198. The molecule has 0 bridgehead atoms. The lowest BCUT2D eigenvalue weighted by Gasteiger charge is -2.30. The summed E-state index contributed by atoms with van der Waals surface area (Å²) >= 11 is 0. The van der Waals surface area contributed by atoms with Gasteiger partial charge in [-0.1, -0.05) is 13.8 Å². The maximum absolute atomic E-state index is 10.6. The topological polar surface area (TPSA) is 40.5 Å². The van der Waals surface area contributed by atoms with Crippen LogP contribution in [0.25, 0.3) is 0 Å². The number of nitrogens with zero attached hydrogens (tertiary/aromatic N) is 1. The zero-order valence-electron chi connectivity index (χ0n) is 9.91. The minimum absolute atomic E-state index is 0.186. The molecule has 1 atom stereocenters. The van der Waals surface area contributed by atoms with Crippen LogP contribution in [0.1, 0.15) is 39.5 Å². The fraction of sp³-hybridized carbons (Fsp3) is 0.917. The third-order valence-corrected chi connectivity index (χ3v) is 3.41. The van der Waals surface area contributed by atoms with Crippen LogP contribution in [0.15, 0.2) is 0 Å². The highest BCUT2D eigenvalue weighted by Gasteiger charge is 2.16. The third-order valence-electron chi connectivity index (χ3n) is 3.41. The van der Waals surface area contributed by atoms with Crippen LogP contribution in [0, 0.1) is 11.8 Å². The highest BCUT2D eigenvalue weighted by Crippen LogP contribution is 2.16. The molecule has 0 saturated carbocycles. The molecule has 3 heteroatoms. The summed E-state index contributed by atoms with van der Waals surface area (Å²) in [5, 5.41) is 8.74. The van der Waals surface area contributed by atoms with E-state index in [0.717, 1.165) is 25.3 Å². The zero-order valence-corrected chi connectivity index (χ0v) is 9.91. The lowest BCUT2D eigenvalue weighted by Crippen LogP contribution is -2.33. The molecule has 15 heavy (non-hydrogen) atoms. The second kappa shape index (κ2) is 6.11. The molecule has 1 aliphatic rings. The second-order valence-electron chi connectivity index (χ2n) is 4.91. The largest absolute Gasteiger partial charge is 0.481 e. The third kappa shape index (κ3) is 4.65. The van der Waals surface area contributed by atoms with Crippen molar-refractivity contribution < 1.29 is 9.90 Å². The summed E-state index contributed by atoms with van der Waals surface area (Å²) in [4.78, 5) is 13.1. The van der Waals surface area contributed by atoms with E-state index in [1.807, 2.05) is 0 Å². The van der Waals surface area contributed by atoms with Crippen LogP contribution >= 0.6 is 0 Å². The van der Waals surface area contributed by atoms with Gasteiger partial charge in [0.25, 0.3) is 0 Å². The fourth-order valence-electron chi connectivity index (χ4n) is 2.03. The number of rotatable bonds is 5. The number of carbonyl (C=O) groups is 1. The molecule has 1 heterocycles. The van der Waals surface area contributed by atoms with Crippen LogP contribution in [0.3, 0.4) is 0 Å². The molecular weight excluding hydrogens is 190 g/mol. The molecule has 0 aromatic rings. The normalized spacial score (nSPS) is 21.5. The van der Waals surface area contributed by atoms with Crippen LogP contribution in [-0.2, 0) is 4.79 Å². The minimum atomic E-state index is -0.665. The molecule has 1 aliphatic heterocycles. The molecule has 88 valence electrons. The van der Waals surface area contributed by atoms with E-state index in [2.05, 4.69) is 11.8 Å². The van der Waals surface area contributed by atoms with E-state index in [1.54, 1.807) is 6.92 Å². The Labute approximate surface area is 92.5 Å². The van der Waals surface area contributed by atoms with Gasteiger partial charge in [0.15, 0.2) is 0 Å². The SMILES string of the molecule is CC1CCN(CCCC(C)C(=O)O)CC1. The Morgan fingerprint density at radius 1 is 1.47 bits per heavy atom. The minimum Gasteiger partial charge on any atom is -0.481 e. The van der Waals surface area contributed by atoms with Gasteiger partial charge in [-0.25, -0.2) is 0 Å². The van der Waals surface area contributed by atoms with E-state index in [4.69, 9.17) is 5.11 Å². The summed E-state index contributed by atoms with van der Waals surface area (Å²) in [5.41, 5.74) is 0. The molecule has 0 aromatic heterocycles. The van der Waals surface area contributed by atoms with Crippen molar-refractivity contribution in [3.63, 3.8) is 0 Å². The Balaban J connectivity index is 2.07. The Morgan fingerprint density at radius 3 is 2.60 bits per heavy atom. The van der Waals surface area contributed by atoms with E-state index in [9.17, 15) is 4.79 Å². The fourth-order valence-corrected chi connectivity index (χ4v) is 2.03. The molecular formula is C12H23NO2. The van der Waals surface area contributed by atoms with Gasteiger partial charge < -0.3 is 10.0 Å². The van der Waals surface area contributed by atoms with Crippen LogP contribution in [0.5, 0.6) is 0 Å². The highest BCUT2D eigenvalue weighted by atomic mass is 16.4. The molecule has 0 radical (unpaired) electrons. The summed E-state index contributed by atoms with van der Waals surface area (Å²) in [5.74, 6) is 0.0233. The van der Waals surface area contributed by atoms with Crippen LogP contribution in [-0.4, -0.2) is 35.6 Å². The summed E-state index contributed by atoms with van der Waals surface area (Å²) in [6.45, 7) is 7.57. The van der Waals surface area contributed by atoms with Crippen molar-refractivity contribution in [1.82, 2.24) is 4.90 Å². The molecule has 0 amide bonds. The number of hydrogen-bond acceptors (Lipinski definition) is 2. The van der Waals surface area contributed by atoms with E-state index < -0.39 is 5.97 Å². The van der Waals surface area contributed by atoms with Crippen molar-refractivity contribution in [1.29, 1.82) is 0 Å². The highest BCUT2D eigenvalue weighted by molar-refractivity contribution is 5.69. The Kier molecular flexibility index (Phi) is 5.09. The number of hydrogen-bond donors (Lipinski definition) is 1. The number of carboxylic acid groups (broad SMARTS) is 1. The van der Waals surface area contributed by atoms with Crippen LogP contribution in [0.2, 0.25) is 0 Å². The van der Waals surface area contributed by atoms with E-state index in [1.165, 1.54) is 25.9 Å².